The Kier molecular flexibility index (Phi) is 4.31. The Hall–Kier alpha value is -2.87. The molecule has 8 heteroatoms. The van der Waals surface area contributed by atoms with Gasteiger partial charge in [-0.1, -0.05) is 13.0 Å². The molecule has 1 aliphatic carbocycles. The summed E-state index contributed by atoms with van der Waals surface area (Å²) < 4.78 is 30.9. The predicted molar refractivity (Wildman–Crippen MR) is 104 cm³/mol. The lowest BCUT2D eigenvalue weighted by Crippen LogP contribution is -2.44. The van der Waals surface area contributed by atoms with E-state index in [-0.39, 0.29) is 29.9 Å². The molecule has 0 radical (unpaired) electrons. The molecule has 2 aliphatic rings. The molecule has 0 unspecified atom stereocenters. The van der Waals surface area contributed by atoms with E-state index in [9.17, 15) is 13.6 Å². The number of hydrogen-bond acceptors (Lipinski definition) is 4. The number of anilines is 1. The molecule has 3 aromatic rings. The molecule has 0 spiro atoms. The van der Waals surface area contributed by atoms with Crippen molar-refractivity contribution in [2.24, 2.45) is 11.8 Å². The Morgan fingerprint density at radius 3 is 2.59 bits per heavy atom. The molecule has 1 aliphatic heterocycles. The highest BCUT2D eigenvalue weighted by Gasteiger charge is 2.30. The van der Waals surface area contributed by atoms with Crippen molar-refractivity contribution in [1.82, 2.24) is 19.5 Å². The van der Waals surface area contributed by atoms with Crippen LogP contribution in [-0.4, -0.2) is 38.5 Å². The van der Waals surface area contributed by atoms with Gasteiger partial charge in [-0.25, -0.2) is 13.3 Å². The topological polar surface area (TPSA) is 62.5 Å². The van der Waals surface area contributed by atoms with E-state index in [2.05, 4.69) is 22.3 Å². The van der Waals surface area contributed by atoms with Crippen LogP contribution >= 0.6 is 0 Å². The first-order valence-electron chi connectivity index (χ1n) is 9.85. The second-order valence-electron chi connectivity index (χ2n) is 8.10. The Labute approximate surface area is 166 Å². The third-order valence-electron chi connectivity index (χ3n) is 5.50. The van der Waals surface area contributed by atoms with Crippen molar-refractivity contribution < 1.29 is 13.6 Å². The number of likely N-dealkylation sites (tertiary alicyclic amines) is 1. The highest BCUT2D eigenvalue weighted by atomic mass is 19.1. The monoisotopic (exact) mass is 397 g/mol. The average Bonchev–Trinajstić information content (AvgIpc) is 3.42. The van der Waals surface area contributed by atoms with Gasteiger partial charge in [-0.15, -0.1) is 5.10 Å². The van der Waals surface area contributed by atoms with E-state index in [4.69, 9.17) is 0 Å². The standard InChI is InChI=1S/C21H21F2N5O/c1-12-9-27(10-12)11-15-16(22)7-14(8-17(15)23)18-3-2-4-19-24-21(26-28(18)19)25-20(29)13-5-6-13/h2-4,7-8,12-13H,5-6,9-11H2,1H3,(H,25,26,29). The van der Waals surface area contributed by atoms with Crippen LogP contribution in [0, 0.1) is 23.5 Å². The molecule has 0 bridgehead atoms. The number of aromatic nitrogens is 3. The molecular weight excluding hydrogens is 376 g/mol. The second-order valence-corrected chi connectivity index (χ2v) is 8.10. The first-order valence-corrected chi connectivity index (χ1v) is 9.85. The fraction of sp³-hybridized carbons (Fsp3) is 0.381. The SMILES string of the molecule is CC1CN(Cc2c(F)cc(-c3cccc4nc(NC(=O)C5CC5)nn34)cc2F)C1. The van der Waals surface area contributed by atoms with E-state index in [1.165, 1.54) is 16.6 Å². The Morgan fingerprint density at radius 2 is 1.93 bits per heavy atom. The third-order valence-corrected chi connectivity index (χ3v) is 5.50. The van der Waals surface area contributed by atoms with Crippen molar-refractivity contribution in [3.8, 4) is 11.3 Å². The maximum absolute atomic E-state index is 14.7. The number of hydrogen-bond donors (Lipinski definition) is 1. The summed E-state index contributed by atoms with van der Waals surface area (Å²) >= 11 is 0. The summed E-state index contributed by atoms with van der Waals surface area (Å²) in [5.74, 6) is -0.438. The highest BCUT2D eigenvalue weighted by molar-refractivity contribution is 5.92. The lowest BCUT2D eigenvalue weighted by molar-refractivity contribution is -0.117. The number of halogens is 2. The van der Waals surface area contributed by atoms with Gasteiger partial charge in [0.1, 0.15) is 11.6 Å². The van der Waals surface area contributed by atoms with Gasteiger partial charge in [-0.2, -0.15) is 4.98 Å². The van der Waals surface area contributed by atoms with Gasteiger partial charge in [-0.3, -0.25) is 15.0 Å². The van der Waals surface area contributed by atoms with Crippen LogP contribution in [0.25, 0.3) is 16.9 Å². The molecule has 150 valence electrons. The van der Waals surface area contributed by atoms with Gasteiger partial charge >= 0.3 is 0 Å². The molecule has 6 nitrogen and oxygen atoms in total. The fourth-order valence-corrected chi connectivity index (χ4v) is 3.82. The van der Waals surface area contributed by atoms with Crippen molar-refractivity contribution in [2.45, 2.75) is 26.3 Å². The molecule has 1 N–H and O–H groups in total. The summed E-state index contributed by atoms with van der Waals surface area (Å²) in [6.07, 6.45) is 1.76. The van der Waals surface area contributed by atoms with E-state index < -0.39 is 11.6 Å². The van der Waals surface area contributed by atoms with Crippen LogP contribution in [0.4, 0.5) is 14.7 Å². The largest absolute Gasteiger partial charge is 0.298 e. The minimum atomic E-state index is -0.570. The van der Waals surface area contributed by atoms with Gasteiger partial charge in [0.25, 0.3) is 0 Å². The number of carbonyl (C=O) groups is 1. The van der Waals surface area contributed by atoms with Crippen molar-refractivity contribution in [2.75, 3.05) is 18.4 Å². The molecule has 0 atom stereocenters. The molecule has 1 aromatic carbocycles. The van der Waals surface area contributed by atoms with Gasteiger partial charge in [0.15, 0.2) is 5.65 Å². The summed E-state index contributed by atoms with van der Waals surface area (Å²) in [7, 11) is 0. The van der Waals surface area contributed by atoms with Crippen LogP contribution in [0.1, 0.15) is 25.3 Å². The van der Waals surface area contributed by atoms with Gasteiger partial charge in [0, 0.05) is 36.7 Å². The number of benzene rings is 1. The summed E-state index contributed by atoms with van der Waals surface area (Å²) in [6, 6.07) is 7.87. The lowest BCUT2D eigenvalue weighted by atomic mass is 10.0. The number of nitrogens with zero attached hydrogens (tertiary/aromatic N) is 4. The Bertz CT molecular complexity index is 1080. The van der Waals surface area contributed by atoms with E-state index >= 15 is 0 Å². The zero-order chi connectivity index (χ0) is 20.1. The number of pyridine rings is 1. The highest BCUT2D eigenvalue weighted by Crippen LogP contribution is 2.30. The smallest absolute Gasteiger partial charge is 0.249 e. The van der Waals surface area contributed by atoms with Crippen molar-refractivity contribution >= 4 is 17.5 Å². The molecule has 1 saturated heterocycles. The van der Waals surface area contributed by atoms with Crippen LogP contribution in [0.3, 0.4) is 0 Å². The first kappa shape index (κ1) is 18.2. The number of nitrogens with one attached hydrogen (secondary N) is 1. The maximum Gasteiger partial charge on any atom is 0.249 e. The lowest BCUT2D eigenvalue weighted by Gasteiger charge is -2.37. The van der Waals surface area contributed by atoms with Gasteiger partial charge in [0.2, 0.25) is 11.9 Å². The first-order chi connectivity index (χ1) is 14.0. The molecule has 3 heterocycles. The van der Waals surface area contributed by atoms with E-state index in [0.717, 1.165) is 25.9 Å². The minimum Gasteiger partial charge on any atom is -0.298 e. The summed E-state index contributed by atoms with van der Waals surface area (Å²) in [5, 5.41) is 7.03. The fourth-order valence-electron chi connectivity index (χ4n) is 3.82. The minimum absolute atomic E-state index is 0.0335. The van der Waals surface area contributed by atoms with Crippen LogP contribution in [-0.2, 0) is 11.3 Å². The number of rotatable bonds is 5. The van der Waals surface area contributed by atoms with Crippen molar-refractivity contribution in [3.63, 3.8) is 0 Å². The molecule has 29 heavy (non-hydrogen) atoms. The molecule has 1 saturated carbocycles. The molecule has 1 amide bonds. The van der Waals surface area contributed by atoms with Crippen molar-refractivity contribution in [1.29, 1.82) is 0 Å². The maximum atomic E-state index is 14.7. The second kappa shape index (κ2) is 6.88. The number of carbonyl (C=O) groups excluding carboxylic acids is 1. The van der Waals surface area contributed by atoms with Crippen LogP contribution < -0.4 is 5.32 Å². The third kappa shape index (κ3) is 3.48. The average molecular weight is 397 g/mol. The van der Waals surface area contributed by atoms with Crippen LogP contribution in [0.5, 0.6) is 0 Å². The number of amides is 1. The normalized spacial score (nSPS) is 17.5. The summed E-state index contributed by atoms with van der Waals surface area (Å²) in [4.78, 5) is 18.3. The molecule has 2 aromatic heterocycles. The van der Waals surface area contributed by atoms with Crippen molar-refractivity contribution in [3.05, 3.63) is 47.5 Å². The Balaban J connectivity index is 1.46. The van der Waals surface area contributed by atoms with E-state index in [1.807, 2.05) is 4.90 Å². The van der Waals surface area contributed by atoms with Crippen LogP contribution in [0.15, 0.2) is 30.3 Å². The zero-order valence-corrected chi connectivity index (χ0v) is 16.0. The molecule has 5 rings (SSSR count). The zero-order valence-electron chi connectivity index (χ0n) is 16.0. The molecular formula is C21H21F2N5O. The van der Waals surface area contributed by atoms with Gasteiger partial charge < -0.3 is 0 Å². The van der Waals surface area contributed by atoms with Gasteiger partial charge in [-0.05, 0) is 43.0 Å². The van der Waals surface area contributed by atoms with Crippen LogP contribution in [0.2, 0.25) is 0 Å². The molecule has 2 fully saturated rings. The quantitative estimate of drug-likeness (QED) is 0.716. The Morgan fingerprint density at radius 1 is 1.21 bits per heavy atom. The number of fused-ring (bicyclic) bond motifs is 1. The van der Waals surface area contributed by atoms with E-state index in [1.54, 1.807) is 18.2 Å². The predicted octanol–water partition coefficient (Wildman–Crippen LogP) is 3.47. The summed E-state index contributed by atoms with van der Waals surface area (Å²) in [6.45, 7) is 4.10. The van der Waals surface area contributed by atoms with E-state index in [0.29, 0.717) is 22.8 Å². The summed E-state index contributed by atoms with van der Waals surface area (Å²) in [5.41, 5.74) is 1.46. The van der Waals surface area contributed by atoms with Gasteiger partial charge in [0.05, 0.1) is 5.69 Å².